The van der Waals surface area contributed by atoms with Crippen molar-refractivity contribution in [2.45, 2.75) is 18.9 Å². The highest BCUT2D eigenvalue weighted by Gasteiger charge is 2.34. The Bertz CT molecular complexity index is 715. The normalized spacial score (nSPS) is 20.6. The van der Waals surface area contributed by atoms with Gasteiger partial charge in [0.1, 0.15) is 11.6 Å². The summed E-state index contributed by atoms with van der Waals surface area (Å²) in [5, 5.41) is 9.79. The number of carbonyl (C=O) groups is 1. The molecule has 0 bridgehead atoms. The molecule has 1 N–H and O–H groups in total. The Morgan fingerprint density at radius 2 is 1.84 bits per heavy atom. The van der Waals surface area contributed by atoms with Gasteiger partial charge < -0.3 is 14.7 Å². The smallest absolute Gasteiger partial charge is 0.223 e. The molecular weight excluding hydrogens is 321 g/mol. The summed E-state index contributed by atoms with van der Waals surface area (Å²) in [6.45, 7) is 0.993. The zero-order valence-corrected chi connectivity index (χ0v) is 14.2. The molecule has 5 heteroatoms. The van der Waals surface area contributed by atoms with Gasteiger partial charge in [0.25, 0.3) is 0 Å². The summed E-state index contributed by atoms with van der Waals surface area (Å²) < 4.78 is 18.3. The molecule has 0 aromatic heterocycles. The summed E-state index contributed by atoms with van der Waals surface area (Å²) in [4.78, 5) is 14.4. The Kier molecular flexibility index (Phi) is 5.34. The average molecular weight is 343 g/mol. The molecule has 132 valence electrons. The SMILES string of the molecule is COc1ccc(CN2CC(CO)C(c3ccc(F)cc3)CC2=O)cc1. The van der Waals surface area contributed by atoms with Gasteiger partial charge in [-0.05, 0) is 41.3 Å². The molecule has 0 spiro atoms. The number of amides is 1. The van der Waals surface area contributed by atoms with Crippen molar-refractivity contribution in [2.24, 2.45) is 5.92 Å². The van der Waals surface area contributed by atoms with Gasteiger partial charge in [-0.1, -0.05) is 24.3 Å². The van der Waals surface area contributed by atoms with E-state index in [2.05, 4.69) is 0 Å². The van der Waals surface area contributed by atoms with Crippen molar-refractivity contribution in [3.63, 3.8) is 0 Å². The predicted molar refractivity (Wildman–Crippen MR) is 92.7 cm³/mol. The maximum Gasteiger partial charge on any atom is 0.223 e. The third kappa shape index (κ3) is 3.99. The molecule has 0 saturated carbocycles. The van der Waals surface area contributed by atoms with Gasteiger partial charge >= 0.3 is 0 Å². The zero-order chi connectivity index (χ0) is 17.8. The number of nitrogens with zero attached hydrogens (tertiary/aromatic N) is 1. The molecule has 1 aliphatic rings. The van der Waals surface area contributed by atoms with Gasteiger partial charge in [0.2, 0.25) is 5.91 Å². The number of piperidine rings is 1. The Morgan fingerprint density at radius 1 is 1.16 bits per heavy atom. The zero-order valence-electron chi connectivity index (χ0n) is 14.2. The number of carbonyl (C=O) groups excluding carboxylic acids is 1. The molecule has 2 unspecified atom stereocenters. The summed E-state index contributed by atoms with van der Waals surface area (Å²) in [7, 11) is 1.62. The van der Waals surface area contributed by atoms with Gasteiger partial charge in [0.15, 0.2) is 0 Å². The van der Waals surface area contributed by atoms with Gasteiger partial charge in [0.05, 0.1) is 7.11 Å². The standard InChI is InChI=1S/C20H22FNO3/c1-25-18-8-2-14(3-9-18)11-22-12-16(13-23)19(10-20(22)24)15-4-6-17(21)7-5-15/h2-9,16,19,23H,10-13H2,1H3. The van der Waals surface area contributed by atoms with Crippen molar-refractivity contribution in [3.8, 4) is 5.75 Å². The lowest BCUT2D eigenvalue weighted by atomic mass is 9.80. The summed E-state index contributed by atoms with van der Waals surface area (Å²) >= 11 is 0. The van der Waals surface area contributed by atoms with Crippen LogP contribution in [0.2, 0.25) is 0 Å². The molecule has 2 aromatic carbocycles. The highest BCUT2D eigenvalue weighted by Crippen LogP contribution is 2.34. The minimum Gasteiger partial charge on any atom is -0.497 e. The first-order valence-corrected chi connectivity index (χ1v) is 8.37. The quantitative estimate of drug-likeness (QED) is 0.908. The molecular formula is C20H22FNO3. The van der Waals surface area contributed by atoms with Crippen LogP contribution in [0.1, 0.15) is 23.5 Å². The molecule has 1 aliphatic heterocycles. The minimum absolute atomic E-state index is 0.00552. The molecule has 0 radical (unpaired) electrons. The molecule has 25 heavy (non-hydrogen) atoms. The van der Waals surface area contributed by atoms with Crippen molar-refractivity contribution in [1.29, 1.82) is 0 Å². The minimum atomic E-state index is -0.299. The van der Waals surface area contributed by atoms with Crippen LogP contribution < -0.4 is 4.74 Å². The van der Waals surface area contributed by atoms with Gasteiger partial charge in [-0.25, -0.2) is 4.39 Å². The highest BCUT2D eigenvalue weighted by molar-refractivity contribution is 5.78. The molecule has 4 nitrogen and oxygen atoms in total. The van der Waals surface area contributed by atoms with E-state index in [1.54, 1.807) is 24.1 Å². The lowest BCUT2D eigenvalue weighted by molar-refractivity contribution is -0.137. The average Bonchev–Trinajstić information content (AvgIpc) is 2.64. The number of halogens is 1. The third-order valence-corrected chi connectivity index (χ3v) is 4.84. The second-order valence-corrected chi connectivity index (χ2v) is 6.43. The molecule has 0 aliphatic carbocycles. The molecule has 2 atom stereocenters. The van der Waals surface area contributed by atoms with Crippen LogP contribution in [-0.2, 0) is 11.3 Å². The number of aliphatic hydroxyl groups is 1. The largest absolute Gasteiger partial charge is 0.497 e. The number of hydrogen-bond donors (Lipinski definition) is 1. The fraction of sp³-hybridized carbons (Fsp3) is 0.350. The van der Waals surface area contributed by atoms with E-state index in [1.165, 1.54) is 12.1 Å². The molecule has 2 aromatic rings. The van der Waals surface area contributed by atoms with Crippen LogP contribution in [0.25, 0.3) is 0 Å². The maximum absolute atomic E-state index is 13.1. The van der Waals surface area contributed by atoms with Crippen LogP contribution in [0.15, 0.2) is 48.5 Å². The monoisotopic (exact) mass is 343 g/mol. The van der Waals surface area contributed by atoms with Crippen LogP contribution >= 0.6 is 0 Å². The van der Waals surface area contributed by atoms with Crippen molar-refractivity contribution in [1.82, 2.24) is 4.90 Å². The van der Waals surface area contributed by atoms with E-state index in [1.807, 2.05) is 24.3 Å². The van der Waals surface area contributed by atoms with Crippen LogP contribution in [0.3, 0.4) is 0 Å². The van der Waals surface area contributed by atoms with E-state index < -0.39 is 0 Å². The molecule has 1 saturated heterocycles. The summed E-state index contributed by atoms with van der Waals surface area (Å²) in [5.74, 6) is 0.396. The van der Waals surface area contributed by atoms with E-state index in [0.29, 0.717) is 19.5 Å². The van der Waals surface area contributed by atoms with Gasteiger partial charge in [-0.3, -0.25) is 4.79 Å². The topological polar surface area (TPSA) is 49.8 Å². The second kappa shape index (κ2) is 7.66. The fourth-order valence-corrected chi connectivity index (χ4v) is 3.39. The van der Waals surface area contributed by atoms with Gasteiger partial charge in [-0.15, -0.1) is 0 Å². The molecule has 1 amide bonds. The number of ether oxygens (including phenoxy) is 1. The summed E-state index contributed by atoms with van der Waals surface area (Å²) in [5.41, 5.74) is 1.92. The predicted octanol–water partition coefficient (Wildman–Crippen LogP) is 2.96. The summed E-state index contributed by atoms with van der Waals surface area (Å²) in [6, 6.07) is 13.8. The van der Waals surface area contributed by atoms with Crippen LogP contribution in [0, 0.1) is 11.7 Å². The fourth-order valence-electron chi connectivity index (χ4n) is 3.39. The number of rotatable bonds is 5. The van der Waals surface area contributed by atoms with E-state index in [4.69, 9.17) is 4.74 Å². The van der Waals surface area contributed by atoms with E-state index in [9.17, 15) is 14.3 Å². The first-order chi connectivity index (χ1) is 12.1. The Hall–Kier alpha value is -2.40. The number of benzene rings is 2. The first kappa shape index (κ1) is 17.4. The Morgan fingerprint density at radius 3 is 2.44 bits per heavy atom. The highest BCUT2D eigenvalue weighted by atomic mass is 19.1. The van der Waals surface area contributed by atoms with Crippen molar-refractivity contribution < 1.29 is 19.0 Å². The number of likely N-dealkylation sites (tertiary alicyclic amines) is 1. The number of hydrogen-bond acceptors (Lipinski definition) is 3. The van der Waals surface area contributed by atoms with Crippen molar-refractivity contribution in [3.05, 3.63) is 65.5 Å². The van der Waals surface area contributed by atoms with E-state index >= 15 is 0 Å². The Labute approximate surface area is 146 Å². The van der Waals surface area contributed by atoms with Crippen LogP contribution in [0.5, 0.6) is 5.75 Å². The van der Waals surface area contributed by atoms with Gasteiger partial charge in [0, 0.05) is 32.0 Å². The molecule has 1 fully saturated rings. The summed E-state index contributed by atoms with van der Waals surface area (Å²) in [6.07, 6.45) is 0.326. The third-order valence-electron chi connectivity index (χ3n) is 4.84. The van der Waals surface area contributed by atoms with Crippen molar-refractivity contribution in [2.75, 3.05) is 20.3 Å². The lowest BCUT2D eigenvalue weighted by Crippen LogP contribution is -2.44. The first-order valence-electron chi connectivity index (χ1n) is 8.37. The van der Waals surface area contributed by atoms with Crippen LogP contribution in [-0.4, -0.2) is 36.2 Å². The van der Waals surface area contributed by atoms with E-state index in [0.717, 1.165) is 16.9 Å². The second-order valence-electron chi connectivity index (χ2n) is 6.43. The van der Waals surface area contributed by atoms with E-state index in [-0.39, 0.29) is 30.2 Å². The molecule has 1 heterocycles. The lowest BCUT2D eigenvalue weighted by Gasteiger charge is -2.38. The number of methoxy groups -OCH3 is 1. The Balaban J connectivity index is 1.72. The molecule has 3 rings (SSSR count). The number of aliphatic hydroxyl groups excluding tert-OH is 1. The van der Waals surface area contributed by atoms with Crippen molar-refractivity contribution >= 4 is 5.91 Å². The van der Waals surface area contributed by atoms with Crippen LogP contribution in [0.4, 0.5) is 4.39 Å². The maximum atomic E-state index is 13.1. The van der Waals surface area contributed by atoms with Gasteiger partial charge in [-0.2, -0.15) is 0 Å².